The molecule has 0 aliphatic carbocycles. The fourth-order valence-corrected chi connectivity index (χ4v) is 0.654. The van der Waals surface area contributed by atoms with Gasteiger partial charge in [-0.1, -0.05) is 19.4 Å². The monoisotopic (exact) mass is 156 g/mol. The van der Waals surface area contributed by atoms with Crippen molar-refractivity contribution in [1.82, 2.24) is 0 Å². The minimum Gasteiger partial charge on any atom is -0.303 e. The van der Waals surface area contributed by atoms with Crippen LogP contribution in [0, 0.1) is 0 Å². The van der Waals surface area contributed by atoms with Crippen LogP contribution in [0.15, 0.2) is 12.2 Å². The molecule has 0 heterocycles. The first-order valence-corrected chi connectivity index (χ1v) is 4.35. The maximum Gasteiger partial charge on any atom is 0.119 e. The molecule has 0 amide bonds. The van der Waals surface area contributed by atoms with Gasteiger partial charge in [0, 0.05) is 6.42 Å². The molecule has 66 valence electrons. The summed E-state index contributed by atoms with van der Waals surface area (Å²) in [6.07, 6.45) is 4.85. The molecule has 0 saturated carbocycles. The zero-order chi connectivity index (χ0) is 9.11. The SMILES string of the molecule is C=C(C)CCCCC=O.CC. The summed E-state index contributed by atoms with van der Waals surface area (Å²) in [5.41, 5.74) is 1.21. The van der Waals surface area contributed by atoms with Crippen LogP contribution in [0.5, 0.6) is 0 Å². The molecule has 0 radical (unpaired) electrons. The van der Waals surface area contributed by atoms with Gasteiger partial charge in [-0.25, -0.2) is 0 Å². The van der Waals surface area contributed by atoms with Crippen LogP contribution in [0.25, 0.3) is 0 Å². The molecule has 1 nitrogen and oxygen atoms in total. The Kier molecular flexibility index (Phi) is 14.4. The smallest absolute Gasteiger partial charge is 0.119 e. The quantitative estimate of drug-likeness (QED) is 0.339. The van der Waals surface area contributed by atoms with E-state index in [4.69, 9.17) is 0 Å². The van der Waals surface area contributed by atoms with Gasteiger partial charge < -0.3 is 4.79 Å². The van der Waals surface area contributed by atoms with Gasteiger partial charge in [-0.05, 0) is 26.2 Å². The lowest BCUT2D eigenvalue weighted by Crippen LogP contribution is -1.78. The summed E-state index contributed by atoms with van der Waals surface area (Å²) in [7, 11) is 0. The van der Waals surface area contributed by atoms with E-state index in [1.165, 1.54) is 5.57 Å². The molecular formula is C10H20O. The van der Waals surface area contributed by atoms with Crippen LogP contribution in [-0.4, -0.2) is 6.29 Å². The van der Waals surface area contributed by atoms with Gasteiger partial charge in [0.1, 0.15) is 6.29 Å². The molecule has 0 rings (SSSR count). The van der Waals surface area contributed by atoms with Crippen molar-refractivity contribution < 1.29 is 4.79 Å². The number of carbonyl (C=O) groups is 1. The van der Waals surface area contributed by atoms with E-state index in [0.717, 1.165) is 25.5 Å². The molecular weight excluding hydrogens is 136 g/mol. The Hall–Kier alpha value is -0.590. The third-order valence-corrected chi connectivity index (χ3v) is 1.18. The molecule has 0 aromatic rings. The zero-order valence-corrected chi connectivity index (χ0v) is 8.02. The largest absolute Gasteiger partial charge is 0.303 e. The summed E-state index contributed by atoms with van der Waals surface area (Å²) >= 11 is 0. The van der Waals surface area contributed by atoms with Crippen LogP contribution in [0.4, 0.5) is 0 Å². The van der Waals surface area contributed by atoms with Crippen LogP contribution in [0.1, 0.15) is 46.5 Å². The summed E-state index contributed by atoms with van der Waals surface area (Å²) < 4.78 is 0. The van der Waals surface area contributed by atoms with E-state index in [2.05, 4.69) is 6.58 Å². The molecule has 0 spiro atoms. The average Bonchev–Trinajstić information content (AvgIpc) is 2.02. The summed E-state index contributed by atoms with van der Waals surface area (Å²) in [6.45, 7) is 9.78. The van der Waals surface area contributed by atoms with Gasteiger partial charge in [0.25, 0.3) is 0 Å². The standard InChI is InChI=1S/C8H14O.C2H6/c1-8(2)6-4-3-5-7-9;1-2/h7H,1,3-6H2,2H3;1-2H3. The predicted octanol–water partition coefficient (Wildman–Crippen LogP) is 3.35. The molecule has 0 N–H and O–H groups in total. The summed E-state index contributed by atoms with van der Waals surface area (Å²) in [6, 6.07) is 0. The summed E-state index contributed by atoms with van der Waals surface area (Å²) in [5, 5.41) is 0. The molecule has 0 aromatic heterocycles. The maximum atomic E-state index is 9.83. The molecule has 1 heteroatoms. The summed E-state index contributed by atoms with van der Waals surface area (Å²) in [5.74, 6) is 0. The second kappa shape index (κ2) is 12.1. The van der Waals surface area contributed by atoms with Gasteiger partial charge in [-0.2, -0.15) is 0 Å². The van der Waals surface area contributed by atoms with Crippen molar-refractivity contribution in [2.45, 2.75) is 46.5 Å². The molecule has 0 saturated heterocycles. The highest BCUT2D eigenvalue weighted by Gasteiger charge is 1.86. The third-order valence-electron chi connectivity index (χ3n) is 1.18. The normalized spacial score (nSPS) is 7.91. The van der Waals surface area contributed by atoms with Gasteiger partial charge in [0.2, 0.25) is 0 Å². The topological polar surface area (TPSA) is 17.1 Å². The molecule has 11 heavy (non-hydrogen) atoms. The van der Waals surface area contributed by atoms with Gasteiger partial charge in [0.15, 0.2) is 0 Å². The second-order valence-corrected chi connectivity index (χ2v) is 2.37. The van der Waals surface area contributed by atoms with Crippen molar-refractivity contribution in [3.05, 3.63) is 12.2 Å². The first-order valence-electron chi connectivity index (χ1n) is 4.35. The number of rotatable bonds is 5. The fourth-order valence-electron chi connectivity index (χ4n) is 0.654. The van der Waals surface area contributed by atoms with Crippen molar-refractivity contribution in [2.75, 3.05) is 0 Å². The minimum absolute atomic E-state index is 0.702. The Labute approximate surface area is 70.5 Å². The number of aldehydes is 1. The fraction of sp³-hybridized carbons (Fsp3) is 0.700. The lowest BCUT2D eigenvalue weighted by molar-refractivity contribution is -0.107. The number of hydrogen-bond donors (Lipinski definition) is 0. The summed E-state index contributed by atoms with van der Waals surface area (Å²) in [4.78, 5) is 9.83. The van der Waals surface area contributed by atoms with Crippen LogP contribution in [-0.2, 0) is 4.79 Å². The molecule has 0 bridgehead atoms. The number of unbranched alkanes of at least 4 members (excludes halogenated alkanes) is 2. The van der Waals surface area contributed by atoms with E-state index < -0.39 is 0 Å². The second-order valence-electron chi connectivity index (χ2n) is 2.37. The first kappa shape index (κ1) is 13.0. The van der Waals surface area contributed by atoms with Crippen LogP contribution in [0.3, 0.4) is 0 Å². The van der Waals surface area contributed by atoms with Crippen molar-refractivity contribution >= 4 is 6.29 Å². The maximum absolute atomic E-state index is 9.83. The molecule has 0 aromatic carbocycles. The van der Waals surface area contributed by atoms with Crippen molar-refractivity contribution in [2.24, 2.45) is 0 Å². The van der Waals surface area contributed by atoms with E-state index in [1.807, 2.05) is 20.8 Å². The van der Waals surface area contributed by atoms with Gasteiger partial charge in [0.05, 0.1) is 0 Å². The van der Waals surface area contributed by atoms with Crippen molar-refractivity contribution in [3.8, 4) is 0 Å². The third kappa shape index (κ3) is 17.7. The van der Waals surface area contributed by atoms with Crippen LogP contribution in [0.2, 0.25) is 0 Å². The van der Waals surface area contributed by atoms with E-state index in [1.54, 1.807) is 0 Å². The lowest BCUT2D eigenvalue weighted by atomic mass is 10.1. The molecule has 0 fully saturated rings. The van der Waals surface area contributed by atoms with Crippen molar-refractivity contribution in [3.63, 3.8) is 0 Å². The van der Waals surface area contributed by atoms with E-state index >= 15 is 0 Å². The number of allylic oxidation sites excluding steroid dienone is 1. The zero-order valence-electron chi connectivity index (χ0n) is 8.02. The minimum atomic E-state index is 0.702. The first-order chi connectivity index (χ1) is 5.27. The lowest BCUT2D eigenvalue weighted by Gasteiger charge is -1.94. The Morgan fingerprint density at radius 2 is 1.91 bits per heavy atom. The van der Waals surface area contributed by atoms with Crippen molar-refractivity contribution in [1.29, 1.82) is 0 Å². The molecule has 0 aliphatic heterocycles. The predicted molar refractivity (Wildman–Crippen MR) is 50.7 cm³/mol. The Morgan fingerprint density at radius 3 is 2.27 bits per heavy atom. The molecule has 0 unspecified atom stereocenters. The molecule has 0 aliphatic rings. The van der Waals surface area contributed by atoms with Crippen LogP contribution < -0.4 is 0 Å². The molecule has 0 atom stereocenters. The van der Waals surface area contributed by atoms with E-state index in [9.17, 15) is 4.79 Å². The highest BCUT2D eigenvalue weighted by atomic mass is 16.1. The van der Waals surface area contributed by atoms with Crippen LogP contribution >= 0.6 is 0 Å². The van der Waals surface area contributed by atoms with E-state index in [0.29, 0.717) is 6.42 Å². The Bertz CT molecular complexity index is 95.0. The Morgan fingerprint density at radius 1 is 1.36 bits per heavy atom. The number of hydrogen-bond acceptors (Lipinski definition) is 1. The van der Waals surface area contributed by atoms with E-state index in [-0.39, 0.29) is 0 Å². The van der Waals surface area contributed by atoms with Gasteiger partial charge >= 0.3 is 0 Å². The highest BCUT2D eigenvalue weighted by Crippen LogP contribution is 2.04. The van der Waals surface area contributed by atoms with Gasteiger partial charge in [-0.3, -0.25) is 0 Å². The Balaban J connectivity index is 0. The average molecular weight is 156 g/mol. The van der Waals surface area contributed by atoms with Gasteiger partial charge in [-0.15, -0.1) is 6.58 Å². The number of carbonyl (C=O) groups excluding carboxylic acids is 1. The highest BCUT2D eigenvalue weighted by molar-refractivity contribution is 5.48.